The fourth-order valence-electron chi connectivity index (χ4n) is 1.88. The number of nitriles is 1. The summed E-state index contributed by atoms with van der Waals surface area (Å²) in [5.41, 5.74) is 1.96. The first-order valence-corrected chi connectivity index (χ1v) is 6.56. The average Bonchev–Trinajstić information content (AvgIpc) is 2.52. The van der Waals surface area contributed by atoms with Gasteiger partial charge in [0.25, 0.3) is 0 Å². The molecule has 1 aromatic carbocycles. The zero-order valence-corrected chi connectivity index (χ0v) is 12.4. The van der Waals surface area contributed by atoms with Crippen LogP contribution < -0.4 is 14.8 Å². The number of pyridine rings is 1. The van der Waals surface area contributed by atoms with E-state index in [1.807, 2.05) is 6.07 Å². The van der Waals surface area contributed by atoms with E-state index in [4.69, 9.17) is 26.3 Å². The van der Waals surface area contributed by atoms with Crippen LogP contribution in [0, 0.1) is 11.3 Å². The van der Waals surface area contributed by atoms with Gasteiger partial charge in [-0.2, -0.15) is 5.26 Å². The van der Waals surface area contributed by atoms with Crippen molar-refractivity contribution in [3.8, 4) is 17.6 Å². The standard InChI is InChI=1S/C15H14ClN3O2/c1-20-14-5-6-18-13(15(14)21-2)9-19-11-4-3-10(8-17)12(16)7-11/h3-7,19H,9H2,1-2H3. The third-order valence-electron chi connectivity index (χ3n) is 2.92. The topological polar surface area (TPSA) is 67.2 Å². The zero-order valence-electron chi connectivity index (χ0n) is 11.7. The molecule has 0 spiro atoms. The van der Waals surface area contributed by atoms with E-state index < -0.39 is 0 Å². The van der Waals surface area contributed by atoms with Gasteiger partial charge in [0, 0.05) is 18.0 Å². The van der Waals surface area contributed by atoms with Gasteiger partial charge in [0.1, 0.15) is 11.8 Å². The largest absolute Gasteiger partial charge is 0.493 e. The molecule has 0 radical (unpaired) electrons. The summed E-state index contributed by atoms with van der Waals surface area (Å²) in [6.45, 7) is 0.447. The van der Waals surface area contributed by atoms with E-state index in [0.717, 1.165) is 11.4 Å². The Kier molecular flexibility index (Phi) is 4.85. The van der Waals surface area contributed by atoms with Gasteiger partial charge in [-0.25, -0.2) is 0 Å². The molecule has 5 nitrogen and oxygen atoms in total. The van der Waals surface area contributed by atoms with Crippen LogP contribution in [0.2, 0.25) is 5.02 Å². The first kappa shape index (κ1) is 14.9. The molecule has 1 heterocycles. The van der Waals surface area contributed by atoms with Gasteiger partial charge in [-0.3, -0.25) is 4.98 Å². The fourth-order valence-corrected chi connectivity index (χ4v) is 2.10. The van der Waals surface area contributed by atoms with E-state index >= 15 is 0 Å². The van der Waals surface area contributed by atoms with E-state index in [9.17, 15) is 0 Å². The lowest BCUT2D eigenvalue weighted by Crippen LogP contribution is -2.05. The van der Waals surface area contributed by atoms with E-state index in [1.165, 1.54) is 0 Å². The maximum absolute atomic E-state index is 8.85. The second-order valence-electron chi connectivity index (χ2n) is 4.15. The lowest BCUT2D eigenvalue weighted by atomic mass is 10.2. The highest BCUT2D eigenvalue weighted by Crippen LogP contribution is 2.29. The molecule has 0 fully saturated rings. The Morgan fingerprint density at radius 3 is 2.71 bits per heavy atom. The Hall–Kier alpha value is -2.45. The van der Waals surface area contributed by atoms with Gasteiger partial charge in [0.05, 0.1) is 31.4 Å². The molecule has 0 saturated carbocycles. The van der Waals surface area contributed by atoms with Crippen LogP contribution >= 0.6 is 11.6 Å². The number of rotatable bonds is 5. The molecular weight excluding hydrogens is 290 g/mol. The zero-order chi connectivity index (χ0) is 15.2. The molecule has 0 atom stereocenters. The minimum absolute atomic E-state index is 0.410. The number of methoxy groups -OCH3 is 2. The van der Waals surface area contributed by atoms with Crippen molar-refractivity contribution in [1.29, 1.82) is 5.26 Å². The van der Waals surface area contributed by atoms with Crippen molar-refractivity contribution in [3.05, 3.63) is 46.7 Å². The Bertz CT molecular complexity index is 683. The Morgan fingerprint density at radius 1 is 1.29 bits per heavy atom. The number of anilines is 1. The lowest BCUT2D eigenvalue weighted by Gasteiger charge is -2.13. The SMILES string of the molecule is COc1ccnc(CNc2ccc(C#N)c(Cl)c2)c1OC. The molecule has 0 aliphatic heterocycles. The summed E-state index contributed by atoms with van der Waals surface area (Å²) in [4.78, 5) is 4.28. The third kappa shape index (κ3) is 3.36. The number of benzene rings is 1. The average molecular weight is 304 g/mol. The van der Waals surface area contributed by atoms with Gasteiger partial charge in [0.15, 0.2) is 11.5 Å². The molecule has 108 valence electrons. The second kappa shape index (κ2) is 6.82. The van der Waals surface area contributed by atoms with Crippen LogP contribution in [0.5, 0.6) is 11.5 Å². The molecule has 0 bridgehead atoms. The number of aromatic nitrogens is 1. The molecular formula is C15H14ClN3O2. The summed E-state index contributed by atoms with van der Waals surface area (Å²) < 4.78 is 10.5. The summed E-state index contributed by atoms with van der Waals surface area (Å²) >= 11 is 5.99. The molecule has 1 N–H and O–H groups in total. The van der Waals surface area contributed by atoms with Gasteiger partial charge in [-0.05, 0) is 18.2 Å². The molecule has 0 saturated heterocycles. The molecule has 6 heteroatoms. The van der Waals surface area contributed by atoms with Crippen molar-refractivity contribution < 1.29 is 9.47 Å². The normalized spacial score (nSPS) is 9.81. The van der Waals surface area contributed by atoms with Crippen molar-refractivity contribution >= 4 is 17.3 Å². The smallest absolute Gasteiger partial charge is 0.184 e. The number of nitrogens with zero attached hydrogens (tertiary/aromatic N) is 2. The highest BCUT2D eigenvalue weighted by atomic mass is 35.5. The van der Waals surface area contributed by atoms with E-state index in [-0.39, 0.29) is 0 Å². The number of halogens is 1. The highest BCUT2D eigenvalue weighted by Gasteiger charge is 2.11. The number of ether oxygens (including phenoxy) is 2. The first-order valence-electron chi connectivity index (χ1n) is 6.19. The van der Waals surface area contributed by atoms with Crippen LogP contribution in [-0.2, 0) is 6.54 Å². The summed E-state index contributed by atoms with van der Waals surface area (Å²) in [6.07, 6.45) is 1.66. The highest BCUT2D eigenvalue weighted by molar-refractivity contribution is 6.32. The molecule has 1 aromatic heterocycles. The molecule has 2 aromatic rings. The summed E-state index contributed by atoms with van der Waals surface area (Å²) in [5.74, 6) is 1.22. The third-order valence-corrected chi connectivity index (χ3v) is 3.23. The van der Waals surface area contributed by atoms with E-state index in [1.54, 1.807) is 44.7 Å². The van der Waals surface area contributed by atoms with Crippen LogP contribution in [0.4, 0.5) is 5.69 Å². The maximum Gasteiger partial charge on any atom is 0.184 e. The van der Waals surface area contributed by atoms with Gasteiger partial charge >= 0.3 is 0 Å². The number of nitrogens with one attached hydrogen (secondary N) is 1. The monoisotopic (exact) mass is 303 g/mol. The van der Waals surface area contributed by atoms with Crippen LogP contribution in [0.3, 0.4) is 0 Å². The van der Waals surface area contributed by atoms with Gasteiger partial charge in [-0.15, -0.1) is 0 Å². The number of hydrogen-bond donors (Lipinski definition) is 1. The first-order chi connectivity index (χ1) is 10.2. The Labute approximate surface area is 128 Å². The van der Waals surface area contributed by atoms with Crippen molar-refractivity contribution in [2.24, 2.45) is 0 Å². The molecule has 21 heavy (non-hydrogen) atoms. The van der Waals surface area contributed by atoms with Crippen LogP contribution in [0.25, 0.3) is 0 Å². The fraction of sp³-hybridized carbons (Fsp3) is 0.200. The molecule has 2 rings (SSSR count). The molecule has 0 aliphatic rings. The summed E-state index contributed by atoms with van der Waals surface area (Å²) in [5, 5.41) is 12.4. The van der Waals surface area contributed by atoms with Crippen molar-refractivity contribution in [3.63, 3.8) is 0 Å². The van der Waals surface area contributed by atoms with Crippen LogP contribution in [0.15, 0.2) is 30.5 Å². The predicted molar refractivity (Wildman–Crippen MR) is 80.8 cm³/mol. The molecule has 0 unspecified atom stereocenters. The summed E-state index contributed by atoms with van der Waals surface area (Å²) in [6, 6.07) is 8.92. The molecule has 0 amide bonds. The Morgan fingerprint density at radius 2 is 2.10 bits per heavy atom. The quantitative estimate of drug-likeness (QED) is 0.918. The van der Waals surface area contributed by atoms with Gasteiger partial charge in [0.2, 0.25) is 0 Å². The van der Waals surface area contributed by atoms with Crippen LogP contribution in [0.1, 0.15) is 11.3 Å². The van der Waals surface area contributed by atoms with Crippen molar-refractivity contribution in [2.45, 2.75) is 6.54 Å². The van der Waals surface area contributed by atoms with Crippen molar-refractivity contribution in [2.75, 3.05) is 19.5 Å². The van der Waals surface area contributed by atoms with Gasteiger partial charge < -0.3 is 14.8 Å². The van der Waals surface area contributed by atoms with E-state index in [0.29, 0.717) is 28.6 Å². The summed E-state index contributed by atoms with van der Waals surface area (Å²) in [7, 11) is 3.15. The number of hydrogen-bond acceptors (Lipinski definition) is 5. The minimum Gasteiger partial charge on any atom is -0.493 e. The molecule has 0 aliphatic carbocycles. The predicted octanol–water partition coefficient (Wildman–Crippen LogP) is 3.24. The van der Waals surface area contributed by atoms with E-state index in [2.05, 4.69) is 10.3 Å². The lowest BCUT2D eigenvalue weighted by molar-refractivity contribution is 0.350. The van der Waals surface area contributed by atoms with Crippen LogP contribution in [-0.4, -0.2) is 19.2 Å². The maximum atomic E-state index is 8.85. The minimum atomic E-state index is 0.410. The Balaban J connectivity index is 2.17. The van der Waals surface area contributed by atoms with Gasteiger partial charge in [-0.1, -0.05) is 11.6 Å². The second-order valence-corrected chi connectivity index (χ2v) is 4.56. The van der Waals surface area contributed by atoms with Crippen molar-refractivity contribution in [1.82, 2.24) is 4.98 Å².